The van der Waals surface area contributed by atoms with Gasteiger partial charge in [-0.15, -0.1) is 0 Å². The number of hydrogen-bond donors (Lipinski definition) is 0. The van der Waals surface area contributed by atoms with Gasteiger partial charge in [-0.05, 0) is 38.3 Å². The van der Waals surface area contributed by atoms with E-state index in [9.17, 15) is 0 Å². The van der Waals surface area contributed by atoms with E-state index in [2.05, 4.69) is 91.9 Å². The lowest BCUT2D eigenvalue weighted by Gasteiger charge is -2.25. The van der Waals surface area contributed by atoms with Crippen molar-refractivity contribution in [3.8, 4) is 0 Å². The van der Waals surface area contributed by atoms with Crippen molar-refractivity contribution in [2.75, 3.05) is 7.11 Å². The SMILES string of the molecule is CCC(OC)O[SiH](c1cccc2ccccc12)c1cccc2ccccc12. The van der Waals surface area contributed by atoms with Crippen LogP contribution in [0.5, 0.6) is 0 Å². The molecule has 0 heterocycles. The molecule has 0 fully saturated rings. The minimum absolute atomic E-state index is 0.195. The van der Waals surface area contributed by atoms with Crippen LogP contribution in [0.3, 0.4) is 0 Å². The minimum atomic E-state index is -1.97. The van der Waals surface area contributed by atoms with Gasteiger partial charge in [0.2, 0.25) is 9.04 Å². The van der Waals surface area contributed by atoms with Crippen LogP contribution in [-0.4, -0.2) is 22.4 Å². The zero-order chi connectivity index (χ0) is 18.6. The van der Waals surface area contributed by atoms with Gasteiger partial charge in [-0.2, -0.15) is 0 Å². The molecular weight excluding hydrogens is 348 g/mol. The van der Waals surface area contributed by atoms with Gasteiger partial charge < -0.3 is 9.16 Å². The maximum Gasteiger partial charge on any atom is 0.244 e. The summed E-state index contributed by atoms with van der Waals surface area (Å²) in [6.07, 6.45) is 0.634. The summed E-state index contributed by atoms with van der Waals surface area (Å²) in [5.74, 6) is 0. The van der Waals surface area contributed by atoms with Crippen LogP contribution in [0.25, 0.3) is 21.5 Å². The molecule has 4 aromatic rings. The molecule has 0 saturated heterocycles. The summed E-state index contributed by atoms with van der Waals surface area (Å²) < 4.78 is 12.3. The van der Waals surface area contributed by atoms with Gasteiger partial charge in [0.1, 0.15) is 6.29 Å². The molecule has 1 unspecified atom stereocenters. The molecule has 0 aliphatic heterocycles. The van der Waals surface area contributed by atoms with Crippen molar-refractivity contribution in [1.29, 1.82) is 0 Å². The fourth-order valence-corrected chi connectivity index (χ4v) is 6.64. The zero-order valence-corrected chi connectivity index (χ0v) is 16.9. The van der Waals surface area contributed by atoms with Crippen molar-refractivity contribution >= 4 is 41.0 Å². The van der Waals surface area contributed by atoms with Crippen LogP contribution < -0.4 is 10.4 Å². The predicted octanol–water partition coefficient (Wildman–Crippen LogP) is 4.23. The zero-order valence-electron chi connectivity index (χ0n) is 15.8. The minimum Gasteiger partial charge on any atom is -0.386 e. The molecule has 0 N–H and O–H groups in total. The highest BCUT2D eigenvalue weighted by Gasteiger charge is 2.25. The number of benzene rings is 4. The Morgan fingerprint density at radius 1 is 0.704 bits per heavy atom. The number of ether oxygens (including phenoxy) is 1. The Morgan fingerprint density at radius 3 is 1.67 bits per heavy atom. The molecular formula is C24H24O2Si. The van der Waals surface area contributed by atoms with E-state index < -0.39 is 9.04 Å². The van der Waals surface area contributed by atoms with Gasteiger partial charge in [-0.25, -0.2) is 0 Å². The van der Waals surface area contributed by atoms with Crippen molar-refractivity contribution in [3.05, 3.63) is 84.9 Å². The average molecular weight is 373 g/mol. The molecule has 3 heteroatoms. The van der Waals surface area contributed by atoms with Crippen molar-refractivity contribution < 1.29 is 9.16 Å². The smallest absolute Gasteiger partial charge is 0.244 e. The van der Waals surface area contributed by atoms with E-state index in [0.717, 1.165) is 6.42 Å². The summed E-state index contributed by atoms with van der Waals surface area (Å²) in [4.78, 5) is 0. The largest absolute Gasteiger partial charge is 0.386 e. The first kappa shape index (κ1) is 17.9. The number of hydrogen-bond acceptors (Lipinski definition) is 2. The molecule has 4 aromatic carbocycles. The molecule has 0 amide bonds. The third-order valence-corrected chi connectivity index (χ3v) is 7.81. The predicted molar refractivity (Wildman–Crippen MR) is 116 cm³/mol. The Hall–Kier alpha value is -2.46. The van der Waals surface area contributed by atoms with Gasteiger partial charge in [0.15, 0.2) is 0 Å². The molecule has 4 rings (SSSR count). The second kappa shape index (κ2) is 8.05. The number of methoxy groups -OCH3 is 1. The first-order valence-corrected chi connectivity index (χ1v) is 11.1. The molecule has 2 nitrogen and oxygen atoms in total. The van der Waals surface area contributed by atoms with Crippen molar-refractivity contribution in [2.45, 2.75) is 19.6 Å². The molecule has 136 valence electrons. The summed E-state index contributed by atoms with van der Waals surface area (Å²) in [7, 11) is -0.241. The van der Waals surface area contributed by atoms with Crippen molar-refractivity contribution in [3.63, 3.8) is 0 Å². The Kier molecular flexibility index (Phi) is 5.34. The van der Waals surface area contributed by atoms with Gasteiger partial charge in [0.25, 0.3) is 0 Å². The van der Waals surface area contributed by atoms with Crippen LogP contribution in [0.1, 0.15) is 13.3 Å². The number of rotatable bonds is 6. The van der Waals surface area contributed by atoms with Gasteiger partial charge in [-0.3, -0.25) is 0 Å². The fourth-order valence-electron chi connectivity index (χ4n) is 3.74. The average Bonchev–Trinajstić information content (AvgIpc) is 2.74. The molecule has 0 aliphatic rings. The van der Waals surface area contributed by atoms with E-state index >= 15 is 0 Å². The van der Waals surface area contributed by atoms with Crippen LogP contribution in [0.2, 0.25) is 0 Å². The fraction of sp³-hybridized carbons (Fsp3) is 0.167. The number of fused-ring (bicyclic) bond motifs is 2. The van der Waals surface area contributed by atoms with Gasteiger partial charge in [0, 0.05) is 7.11 Å². The highest BCUT2D eigenvalue weighted by Crippen LogP contribution is 2.17. The molecule has 0 saturated carbocycles. The maximum absolute atomic E-state index is 6.65. The lowest BCUT2D eigenvalue weighted by molar-refractivity contribution is -0.0548. The first-order valence-electron chi connectivity index (χ1n) is 9.45. The van der Waals surface area contributed by atoms with Gasteiger partial charge in [0.05, 0.1) is 0 Å². The monoisotopic (exact) mass is 372 g/mol. The Balaban J connectivity index is 1.94. The van der Waals surface area contributed by atoms with Crippen LogP contribution >= 0.6 is 0 Å². The van der Waals surface area contributed by atoms with Crippen LogP contribution in [0.4, 0.5) is 0 Å². The topological polar surface area (TPSA) is 18.5 Å². The third kappa shape index (κ3) is 3.54. The molecule has 1 atom stereocenters. The van der Waals surface area contributed by atoms with Gasteiger partial charge >= 0.3 is 0 Å². The second-order valence-electron chi connectivity index (χ2n) is 6.73. The van der Waals surface area contributed by atoms with E-state index in [4.69, 9.17) is 9.16 Å². The lowest BCUT2D eigenvalue weighted by atomic mass is 10.1. The first-order chi connectivity index (χ1) is 13.3. The van der Waals surface area contributed by atoms with E-state index in [-0.39, 0.29) is 6.29 Å². The third-order valence-electron chi connectivity index (χ3n) is 5.10. The Morgan fingerprint density at radius 2 is 1.19 bits per heavy atom. The van der Waals surface area contributed by atoms with E-state index in [1.165, 1.54) is 31.9 Å². The molecule has 0 aromatic heterocycles. The molecule has 27 heavy (non-hydrogen) atoms. The lowest BCUT2D eigenvalue weighted by Crippen LogP contribution is -2.48. The maximum atomic E-state index is 6.65. The van der Waals surface area contributed by atoms with Crippen LogP contribution in [0, 0.1) is 0 Å². The summed E-state index contributed by atoms with van der Waals surface area (Å²) in [6, 6.07) is 30.2. The van der Waals surface area contributed by atoms with Gasteiger partial charge in [-0.1, -0.05) is 91.9 Å². The second-order valence-corrected chi connectivity index (χ2v) is 9.00. The van der Waals surface area contributed by atoms with E-state index in [1.54, 1.807) is 7.11 Å². The van der Waals surface area contributed by atoms with Crippen LogP contribution in [0.15, 0.2) is 84.9 Å². The standard InChI is InChI=1S/C24H24O2Si/c1-3-24(25-2)26-27(22-16-8-12-18-10-4-6-14-20(18)22)23-17-9-13-19-11-5-7-15-21(19)23/h4-17,24,27H,3H2,1-2H3. The summed E-state index contributed by atoms with van der Waals surface area (Å²) in [5, 5.41) is 7.66. The summed E-state index contributed by atoms with van der Waals surface area (Å²) in [5.41, 5.74) is 0. The highest BCUT2D eigenvalue weighted by atomic mass is 28.3. The summed E-state index contributed by atoms with van der Waals surface area (Å²) in [6.45, 7) is 2.10. The molecule has 0 bridgehead atoms. The molecule has 0 spiro atoms. The van der Waals surface area contributed by atoms with Crippen molar-refractivity contribution in [2.24, 2.45) is 0 Å². The Labute approximate surface area is 162 Å². The molecule has 0 radical (unpaired) electrons. The molecule has 0 aliphatic carbocycles. The Bertz CT molecular complexity index is 966. The van der Waals surface area contributed by atoms with E-state index in [0.29, 0.717) is 0 Å². The normalized spacial score (nSPS) is 12.7. The van der Waals surface area contributed by atoms with Crippen LogP contribution in [-0.2, 0) is 9.16 Å². The quantitative estimate of drug-likeness (QED) is 0.372. The van der Waals surface area contributed by atoms with Crippen molar-refractivity contribution in [1.82, 2.24) is 0 Å². The highest BCUT2D eigenvalue weighted by molar-refractivity contribution is 6.83. The van der Waals surface area contributed by atoms with E-state index in [1.807, 2.05) is 0 Å². The summed E-state index contributed by atoms with van der Waals surface area (Å²) >= 11 is 0.